The molecular formula is C11H6ClN3O2S. The number of nitrogens with zero attached hydrogens (tertiary/aromatic N) is 3. The van der Waals surface area contributed by atoms with Crippen LogP contribution in [-0.4, -0.2) is 20.6 Å². The number of hydrogen-bond acceptors (Lipinski definition) is 5. The van der Waals surface area contributed by atoms with Crippen LogP contribution in [0.25, 0.3) is 11.0 Å². The number of imide groups is 1. The largest absolute Gasteiger partial charge is 0.269 e. The number of benzene rings is 1. The van der Waals surface area contributed by atoms with E-state index in [0.29, 0.717) is 27.3 Å². The maximum atomic E-state index is 12.0. The Hall–Kier alpha value is -1.79. The van der Waals surface area contributed by atoms with Gasteiger partial charge in [-0.15, -0.1) is 0 Å². The number of fused-ring (bicyclic) bond motifs is 1. The lowest BCUT2D eigenvalue weighted by Crippen LogP contribution is -2.31. The fourth-order valence-electron chi connectivity index (χ4n) is 1.83. The minimum Gasteiger partial charge on any atom is -0.269 e. The molecule has 2 aromatic rings. The summed E-state index contributed by atoms with van der Waals surface area (Å²) in [7, 11) is 0. The fourth-order valence-corrected chi connectivity index (χ4v) is 2.60. The highest BCUT2D eigenvalue weighted by molar-refractivity contribution is 7.00. The Morgan fingerprint density at radius 2 is 2.06 bits per heavy atom. The van der Waals surface area contributed by atoms with E-state index in [0.717, 1.165) is 16.6 Å². The highest BCUT2D eigenvalue weighted by atomic mass is 35.5. The van der Waals surface area contributed by atoms with Crippen LogP contribution in [0.3, 0.4) is 0 Å². The summed E-state index contributed by atoms with van der Waals surface area (Å²) in [6, 6.07) is 3.31. The van der Waals surface area contributed by atoms with E-state index >= 15 is 0 Å². The van der Waals surface area contributed by atoms with Gasteiger partial charge in [-0.1, -0.05) is 11.6 Å². The van der Waals surface area contributed by atoms with Crippen molar-refractivity contribution >= 4 is 51.9 Å². The van der Waals surface area contributed by atoms with Crippen molar-refractivity contribution in [3.8, 4) is 0 Å². The minimum absolute atomic E-state index is 0.306. The molecule has 0 N–H and O–H groups in total. The number of carbonyl (C=O) groups is 2. The zero-order chi connectivity index (χ0) is 12.9. The molecule has 0 atom stereocenters. The van der Waals surface area contributed by atoms with Gasteiger partial charge in [0, 0.05) is 11.6 Å². The molecule has 0 fully saturated rings. The summed E-state index contributed by atoms with van der Waals surface area (Å²) < 4.78 is 8.16. The second-order valence-corrected chi connectivity index (χ2v) is 4.77. The third kappa shape index (κ3) is 1.46. The SMILES string of the molecule is CC1=CC(=O)N(c2c(Cl)ccc3nsnc23)C1=O. The van der Waals surface area contributed by atoms with Crippen molar-refractivity contribution in [3.63, 3.8) is 0 Å². The van der Waals surface area contributed by atoms with Gasteiger partial charge in [0.25, 0.3) is 11.8 Å². The molecule has 1 aromatic carbocycles. The van der Waals surface area contributed by atoms with Crippen molar-refractivity contribution in [2.24, 2.45) is 0 Å². The van der Waals surface area contributed by atoms with Gasteiger partial charge in [-0.3, -0.25) is 9.59 Å². The average molecular weight is 280 g/mol. The Labute approximate surface area is 111 Å². The molecule has 1 aliphatic rings. The second kappa shape index (κ2) is 3.86. The van der Waals surface area contributed by atoms with Crippen LogP contribution in [0.4, 0.5) is 5.69 Å². The molecule has 90 valence electrons. The molecule has 0 bridgehead atoms. The van der Waals surface area contributed by atoms with Crippen LogP contribution >= 0.6 is 23.3 Å². The summed E-state index contributed by atoms with van der Waals surface area (Å²) in [5.41, 5.74) is 1.78. The quantitative estimate of drug-likeness (QED) is 0.751. The third-order valence-electron chi connectivity index (χ3n) is 2.68. The Balaban J connectivity index is 2.27. The van der Waals surface area contributed by atoms with E-state index in [2.05, 4.69) is 8.75 Å². The van der Waals surface area contributed by atoms with Crippen molar-refractivity contribution in [1.82, 2.24) is 8.75 Å². The Morgan fingerprint density at radius 3 is 2.72 bits per heavy atom. The lowest BCUT2D eigenvalue weighted by Gasteiger charge is -2.16. The molecule has 18 heavy (non-hydrogen) atoms. The van der Waals surface area contributed by atoms with Crippen LogP contribution in [0.2, 0.25) is 5.02 Å². The normalized spacial score (nSPS) is 15.7. The topological polar surface area (TPSA) is 63.2 Å². The van der Waals surface area contributed by atoms with Gasteiger partial charge >= 0.3 is 0 Å². The van der Waals surface area contributed by atoms with Gasteiger partial charge in [0.15, 0.2) is 0 Å². The number of rotatable bonds is 1. The summed E-state index contributed by atoms with van der Waals surface area (Å²) in [5, 5.41) is 0.306. The molecule has 0 saturated carbocycles. The minimum atomic E-state index is -0.403. The summed E-state index contributed by atoms with van der Waals surface area (Å²) >= 11 is 7.10. The molecule has 2 heterocycles. The summed E-state index contributed by atoms with van der Waals surface area (Å²) in [6.07, 6.45) is 1.29. The van der Waals surface area contributed by atoms with Crippen LogP contribution in [0.1, 0.15) is 6.92 Å². The van der Waals surface area contributed by atoms with Gasteiger partial charge in [0.1, 0.15) is 16.7 Å². The average Bonchev–Trinajstić information content (AvgIpc) is 2.88. The van der Waals surface area contributed by atoms with E-state index in [1.807, 2.05) is 0 Å². The molecule has 3 rings (SSSR count). The van der Waals surface area contributed by atoms with Gasteiger partial charge in [0.05, 0.1) is 16.8 Å². The number of anilines is 1. The first-order valence-electron chi connectivity index (χ1n) is 5.07. The van der Waals surface area contributed by atoms with Crippen molar-refractivity contribution in [1.29, 1.82) is 0 Å². The smallest absolute Gasteiger partial charge is 0.261 e. The first-order valence-corrected chi connectivity index (χ1v) is 6.18. The lowest BCUT2D eigenvalue weighted by atomic mass is 10.2. The summed E-state index contributed by atoms with van der Waals surface area (Å²) in [4.78, 5) is 24.8. The van der Waals surface area contributed by atoms with Crippen LogP contribution in [0, 0.1) is 0 Å². The van der Waals surface area contributed by atoms with Crippen molar-refractivity contribution in [2.75, 3.05) is 4.90 Å². The third-order valence-corrected chi connectivity index (χ3v) is 3.52. The molecule has 1 aliphatic heterocycles. The molecule has 0 radical (unpaired) electrons. The van der Waals surface area contributed by atoms with Gasteiger partial charge in [-0.2, -0.15) is 8.75 Å². The molecule has 0 saturated heterocycles. The predicted molar refractivity (Wildman–Crippen MR) is 68.7 cm³/mol. The number of carbonyl (C=O) groups excluding carboxylic acids is 2. The molecule has 1 aromatic heterocycles. The molecule has 2 amide bonds. The number of halogens is 1. The van der Waals surface area contributed by atoms with Crippen molar-refractivity contribution in [3.05, 3.63) is 28.8 Å². The number of hydrogen-bond donors (Lipinski definition) is 0. The van der Waals surface area contributed by atoms with Gasteiger partial charge < -0.3 is 0 Å². The number of aromatic nitrogens is 2. The predicted octanol–water partition coefficient (Wildman–Crippen LogP) is 2.16. The van der Waals surface area contributed by atoms with Gasteiger partial charge in [-0.25, -0.2) is 4.90 Å². The van der Waals surface area contributed by atoms with Crippen LogP contribution in [0.5, 0.6) is 0 Å². The molecular weight excluding hydrogens is 274 g/mol. The van der Waals surface area contributed by atoms with Gasteiger partial charge in [-0.05, 0) is 19.1 Å². The molecule has 0 unspecified atom stereocenters. The van der Waals surface area contributed by atoms with E-state index < -0.39 is 5.91 Å². The second-order valence-electron chi connectivity index (χ2n) is 3.83. The first kappa shape index (κ1) is 11.3. The highest BCUT2D eigenvalue weighted by Gasteiger charge is 2.33. The fraction of sp³-hybridized carbons (Fsp3) is 0.0909. The summed E-state index contributed by atoms with van der Waals surface area (Å²) in [5.74, 6) is -0.776. The van der Waals surface area contributed by atoms with E-state index in [-0.39, 0.29) is 5.91 Å². The van der Waals surface area contributed by atoms with Crippen LogP contribution < -0.4 is 4.90 Å². The monoisotopic (exact) mass is 279 g/mol. The van der Waals surface area contributed by atoms with E-state index in [4.69, 9.17) is 11.6 Å². The lowest BCUT2D eigenvalue weighted by molar-refractivity contribution is -0.120. The molecule has 7 heteroatoms. The standard InChI is InChI=1S/C11H6ClN3O2S/c1-5-4-8(16)15(11(5)17)10-6(12)2-3-7-9(10)14-18-13-7/h2-4H,1H3. The van der Waals surface area contributed by atoms with Crippen molar-refractivity contribution < 1.29 is 9.59 Å². The van der Waals surface area contributed by atoms with E-state index in [1.165, 1.54) is 6.08 Å². The summed E-state index contributed by atoms with van der Waals surface area (Å²) in [6.45, 7) is 1.59. The molecule has 0 spiro atoms. The van der Waals surface area contributed by atoms with Crippen LogP contribution in [0.15, 0.2) is 23.8 Å². The number of amides is 2. The van der Waals surface area contributed by atoms with E-state index in [1.54, 1.807) is 19.1 Å². The zero-order valence-corrected chi connectivity index (χ0v) is 10.7. The molecule has 5 nitrogen and oxygen atoms in total. The van der Waals surface area contributed by atoms with Crippen LogP contribution in [-0.2, 0) is 9.59 Å². The Bertz CT molecular complexity index is 722. The zero-order valence-electron chi connectivity index (χ0n) is 9.18. The Kier molecular flexibility index (Phi) is 2.42. The van der Waals surface area contributed by atoms with Crippen molar-refractivity contribution in [2.45, 2.75) is 6.92 Å². The molecule has 0 aliphatic carbocycles. The van der Waals surface area contributed by atoms with E-state index in [9.17, 15) is 9.59 Å². The highest BCUT2D eigenvalue weighted by Crippen LogP contribution is 2.35. The maximum Gasteiger partial charge on any atom is 0.261 e. The first-order chi connectivity index (χ1) is 8.59. The Morgan fingerprint density at radius 1 is 1.28 bits per heavy atom. The maximum absolute atomic E-state index is 12.0. The van der Waals surface area contributed by atoms with Gasteiger partial charge in [0.2, 0.25) is 0 Å².